The van der Waals surface area contributed by atoms with Crippen molar-refractivity contribution in [1.29, 1.82) is 0 Å². The topological polar surface area (TPSA) is 29.1 Å². The highest BCUT2D eigenvalue weighted by Gasteiger charge is 2.16. The molecular formula is C14H21NO. The lowest BCUT2D eigenvalue weighted by atomic mass is 10.00. The van der Waals surface area contributed by atoms with Crippen LogP contribution in [0.25, 0.3) is 0 Å². The number of hydrogen-bond acceptors (Lipinski definition) is 1. The van der Waals surface area contributed by atoms with E-state index < -0.39 is 0 Å². The summed E-state index contributed by atoms with van der Waals surface area (Å²) in [5, 5.41) is 3.04. The molecule has 0 aliphatic heterocycles. The van der Waals surface area contributed by atoms with Crippen LogP contribution in [0.15, 0.2) is 30.3 Å². The maximum atomic E-state index is 11.9. The third-order valence-corrected chi connectivity index (χ3v) is 2.80. The molecule has 0 fully saturated rings. The van der Waals surface area contributed by atoms with Gasteiger partial charge in [-0.15, -0.1) is 0 Å². The number of carbonyl (C=O) groups excluding carboxylic acids is 1. The molecule has 2 nitrogen and oxygen atoms in total. The number of carbonyl (C=O) groups is 1. The van der Waals surface area contributed by atoms with Gasteiger partial charge in [-0.05, 0) is 25.8 Å². The highest BCUT2D eigenvalue weighted by atomic mass is 16.1. The monoisotopic (exact) mass is 219 g/mol. The molecule has 1 aromatic carbocycles. The Balaban J connectivity index is 2.55. The second-order valence-electron chi connectivity index (χ2n) is 4.33. The molecule has 0 bridgehead atoms. The van der Waals surface area contributed by atoms with Crippen LogP contribution in [-0.4, -0.2) is 11.9 Å². The van der Waals surface area contributed by atoms with Crippen LogP contribution in [0.4, 0.5) is 0 Å². The van der Waals surface area contributed by atoms with Crippen LogP contribution < -0.4 is 5.32 Å². The molecule has 1 amide bonds. The maximum absolute atomic E-state index is 11.9. The molecule has 88 valence electrons. The average Bonchev–Trinajstić information content (AvgIpc) is 2.29. The van der Waals surface area contributed by atoms with E-state index in [0.29, 0.717) is 0 Å². The predicted molar refractivity (Wildman–Crippen MR) is 67.4 cm³/mol. The van der Waals surface area contributed by atoms with Crippen molar-refractivity contribution in [2.75, 3.05) is 0 Å². The normalized spacial score (nSPS) is 14.2. The molecule has 0 heterocycles. The first-order valence-corrected chi connectivity index (χ1v) is 6.00. The van der Waals surface area contributed by atoms with E-state index in [1.54, 1.807) is 0 Å². The second-order valence-corrected chi connectivity index (χ2v) is 4.33. The molecule has 0 aliphatic carbocycles. The van der Waals surface area contributed by atoms with Crippen LogP contribution in [0.2, 0.25) is 0 Å². The van der Waals surface area contributed by atoms with E-state index in [1.807, 2.05) is 37.3 Å². The molecule has 2 atom stereocenters. The summed E-state index contributed by atoms with van der Waals surface area (Å²) in [6, 6.07) is 10.2. The van der Waals surface area contributed by atoms with Gasteiger partial charge in [-0.2, -0.15) is 0 Å². The zero-order valence-electron chi connectivity index (χ0n) is 10.4. The summed E-state index contributed by atoms with van der Waals surface area (Å²) in [5.74, 6) is 0.0488. The third kappa shape index (κ3) is 3.69. The first kappa shape index (κ1) is 12.8. The Bertz CT molecular complexity index is 321. The Morgan fingerprint density at radius 3 is 2.44 bits per heavy atom. The zero-order chi connectivity index (χ0) is 12.0. The van der Waals surface area contributed by atoms with Crippen molar-refractivity contribution in [3.05, 3.63) is 35.9 Å². The van der Waals surface area contributed by atoms with Crippen LogP contribution in [0.1, 0.15) is 45.1 Å². The summed E-state index contributed by atoms with van der Waals surface area (Å²) in [4.78, 5) is 11.9. The molecular weight excluding hydrogens is 198 g/mol. The van der Waals surface area contributed by atoms with Gasteiger partial charge >= 0.3 is 0 Å². The fraction of sp³-hybridized carbons (Fsp3) is 0.500. The van der Waals surface area contributed by atoms with E-state index in [-0.39, 0.29) is 17.9 Å². The minimum absolute atomic E-state index is 0.0690. The van der Waals surface area contributed by atoms with E-state index in [4.69, 9.17) is 0 Å². The van der Waals surface area contributed by atoms with Gasteiger partial charge in [-0.1, -0.05) is 43.7 Å². The molecule has 1 N–H and O–H groups in total. The van der Waals surface area contributed by atoms with Crippen molar-refractivity contribution in [3.63, 3.8) is 0 Å². The third-order valence-electron chi connectivity index (χ3n) is 2.80. The smallest absolute Gasteiger partial charge is 0.227 e. The lowest BCUT2D eigenvalue weighted by molar-refractivity contribution is -0.122. The Hall–Kier alpha value is -1.31. The Morgan fingerprint density at radius 2 is 1.88 bits per heavy atom. The zero-order valence-corrected chi connectivity index (χ0v) is 10.4. The van der Waals surface area contributed by atoms with Gasteiger partial charge in [-0.3, -0.25) is 4.79 Å². The minimum Gasteiger partial charge on any atom is -0.353 e. The van der Waals surface area contributed by atoms with E-state index >= 15 is 0 Å². The summed E-state index contributed by atoms with van der Waals surface area (Å²) in [5.41, 5.74) is 1.07. The first-order chi connectivity index (χ1) is 7.65. The quantitative estimate of drug-likeness (QED) is 0.810. The van der Waals surface area contributed by atoms with Crippen LogP contribution in [0.5, 0.6) is 0 Å². The molecule has 0 spiro atoms. The van der Waals surface area contributed by atoms with Gasteiger partial charge < -0.3 is 5.32 Å². The molecule has 0 saturated carbocycles. The van der Waals surface area contributed by atoms with Crippen molar-refractivity contribution in [1.82, 2.24) is 5.32 Å². The Labute approximate surface area is 98.1 Å². The maximum Gasteiger partial charge on any atom is 0.227 e. The van der Waals surface area contributed by atoms with Crippen LogP contribution in [0, 0.1) is 0 Å². The average molecular weight is 219 g/mol. The Kier molecular flexibility index (Phi) is 5.03. The van der Waals surface area contributed by atoms with E-state index in [2.05, 4.69) is 19.2 Å². The Morgan fingerprint density at radius 1 is 1.25 bits per heavy atom. The summed E-state index contributed by atoms with van der Waals surface area (Å²) in [6.45, 7) is 6.13. The van der Waals surface area contributed by atoms with Gasteiger partial charge in [0.15, 0.2) is 0 Å². The molecule has 2 heteroatoms. The molecule has 2 unspecified atom stereocenters. The van der Waals surface area contributed by atoms with Gasteiger partial charge in [0.1, 0.15) is 0 Å². The highest BCUT2D eigenvalue weighted by molar-refractivity contribution is 5.83. The van der Waals surface area contributed by atoms with Gasteiger partial charge in [-0.25, -0.2) is 0 Å². The number of nitrogens with one attached hydrogen (secondary N) is 1. The van der Waals surface area contributed by atoms with Gasteiger partial charge in [0, 0.05) is 6.04 Å². The summed E-state index contributed by atoms with van der Waals surface area (Å²) >= 11 is 0. The largest absolute Gasteiger partial charge is 0.353 e. The van der Waals surface area contributed by atoms with Crippen LogP contribution in [-0.2, 0) is 4.79 Å². The predicted octanol–water partition coefficient (Wildman–Crippen LogP) is 3.09. The molecule has 0 radical (unpaired) electrons. The van der Waals surface area contributed by atoms with Gasteiger partial charge in [0.25, 0.3) is 0 Å². The first-order valence-electron chi connectivity index (χ1n) is 6.00. The highest BCUT2D eigenvalue weighted by Crippen LogP contribution is 2.14. The van der Waals surface area contributed by atoms with Gasteiger partial charge in [0.05, 0.1) is 5.92 Å². The van der Waals surface area contributed by atoms with E-state index in [1.165, 1.54) is 0 Å². The fourth-order valence-corrected chi connectivity index (χ4v) is 1.77. The standard InChI is InChI=1S/C14H21NO/c1-4-8-11(2)15-14(16)12(3)13-9-6-5-7-10-13/h5-7,9-12H,4,8H2,1-3H3,(H,15,16). The number of rotatable bonds is 5. The van der Waals surface area contributed by atoms with Crippen LogP contribution in [0.3, 0.4) is 0 Å². The van der Waals surface area contributed by atoms with E-state index in [9.17, 15) is 4.79 Å². The fourth-order valence-electron chi connectivity index (χ4n) is 1.77. The molecule has 16 heavy (non-hydrogen) atoms. The second kappa shape index (κ2) is 6.31. The molecule has 1 rings (SSSR count). The van der Waals surface area contributed by atoms with Crippen molar-refractivity contribution in [2.45, 2.75) is 45.6 Å². The molecule has 0 saturated heterocycles. The SMILES string of the molecule is CCCC(C)NC(=O)C(C)c1ccccc1. The number of amides is 1. The summed E-state index contributed by atoms with van der Waals surface area (Å²) in [6.07, 6.45) is 2.13. The lowest BCUT2D eigenvalue weighted by Gasteiger charge is -2.17. The number of hydrogen-bond donors (Lipinski definition) is 1. The van der Waals surface area contributed by atoms with Crippen molar-refractivity contribution in [2.24, 2.45) is 0 Å². The molecule has 0 aromatic heterocycles. The van der Waals surface area contributed by atoms with E-state index in [0.717, 1.165) is 18.4 Å². The van der Waals surface area contributed by atoms with Crippen molar-refractivity contribution >= 4 is 5.91 Å². The van der Waals surface area contributed by atoms with Crippen LogP contribution >= 0.6 is 0 Å². The molecule has 1 aromatic rings. The molecule has 0 aliphatic rings. The lowest BCUT2D eigenvalue weighted by Crippen LogP contribution is -2.35. The van der Waals surface area contributed by atoms with Crippen molar-refractivity contribution < 1.29 is 4.79 Å². The summed E-state index contributed by atoms with van der Waals surface area (Å²) in [7, 11) is 0. The van der Waals surface area contributed by atoms with Crippen molar-refractivity contribution in [3.8, 4) is 0 Å². The summed E-state index contributed by atoms with van der Waals surface area (Å²) < 4.78 is 0. The number of benzene rings is 1. The van der Waals surface area contributed by atoms with Gasteiger partial charge in [0.2, 0.25) is 5.91 Å². The minimum atomic E-state index is -0.0690.